The zero-order valence-corrected chi connectivity index (χ0v) is 20.1. The maximum Gasteiger partial charge on any atom is 0.185 e. The molecule has 2 aliphatic heterocycles. The number of rotatable bonds is 5. The standard InChI is InChI=1S/C32H24FN3O/c33-25-14-12-22(13-15-25)28-29(27(21-10-11-21)24(18-34)19-35)30-26-9-5-4-6-20(26)16-17-36(30)31(28)32(37)23-7-2-1-3-8-23/h1-9,12-17,21,28-31H,10-11H2/t28-,29-,30+,31+/m1/s1. The van der Waals surface area contributed by atoms with Gasteiger partial charge in [-0.2, -0.15) is 10.5 Å². The summed E-state index contributed by atoms with van der Waals surface area (Å²) in [6, 6.07) is 27.2. The minimum atomic E-state index is -0.583. The molecule has 0 N–H and O–H groups in total. The van der Waals surface area contributed by atoms with Gasteiger partial charge in [-0.05, 0) is 59.2 Å². The Morgan fingerprint density at radius 2 is 1.57 bits per heavy atom. The van der Waals surface area contributed by atoms with E-state index in [0.29, 0.717) is 5.56 Å². The molecular formula is C32H24FN3O. The van der Waals surface area contributed by atoms with Gasteiger partial charge in [-0.3, -0.25) is 4.79 Å². The van der Waals surface area contributed by atoms with Crippen LogP contribution in [0.2, 0.25) is 0 Å². The van der Waals surface area contributed by atoms with Crippen LogP contribution in [0.1, 0.15) is 51.8 Å². The second-order valence-corrected chi connectivity index (χ2v) is 9.94. The molecule has 180 valence electrons. The molecule has 1 aliphatic carbocycles. The number of nitrogens with zero attached hydrogens (tertiary/aromatic N) is 3. The monoisotopic (exact) mass is 485 g/mol. The third kappa shape index (κ3) is 3.85. The molecule has 37 heavy (non-hydrogen) atoms. The van der Waals surface area contributed by atoms with Crippen LogP contribution in [0.5, 0.6) is 0 Å². The number of hydrogen-bond acceptors (Lipinski definition) is 4. The summed E-state index contributed by atoms with van der Waals surface area (Å²) in [7, 11) is 0. The van der Waals surface area contributed by atoms with Crippen molar-refractivity contribution < 1.29 is 9.18 Å². The van der Waals surface area contributed by atoms with Crippen molar-refractivity contribution in [3.8, 4) is 12.1 Å². The molecule has 2 fully saturated rings. The molecule has 1 saturated carbocycles. The van der Waals surface area contributed by atoms with Crippen molar-refractivity contribution in [2.24, 2.45) is 11.8 Å². The first-order valence-corrected chi connectivity index (χ1v) is 12.6. The summed E-state index contributed by atoms with van der Waals surface area (Å²) < 4.78 is 14.0. The summed E-state index contributed by atoms with van der Waals surface area (Å²) in [5.41, 5.74) is 4.53. The smallest absolute Gasteiger partial charge is 0.185 e. The molecule has 4 nitrogen and oxygen atoms in total. The average molecular weight is 486 g/mol. The van der Waals surface area contributed by atoms with E-state index in [4.69, 9.17) is 0 Å². The molecule has 0 spiro atoms. The van der Waals surface area contributed by atoms with Gasteiger partial charge < -0.3 is 4.90 Å². The Morgan fingerprint density at radius 3 is 2.24 bits per heavy atom. The van der Waals surface area contributed by atoms with Crippen molar-refractivity contribution in [2.75, 3.05) is 0 Å². The van der Waals surface area contributed by atoms with Crippen LogP contribution in [0, 0.1) is 40.3 Å². The van der Waals surface area contributed by atoms with E-state index in [2.05, 4.69) is 29.2 Å². The first kappa shape index (κ1) is 23.0. The Hall–Kier alpha value is -4.48. The number of fused-ring (bicyclic) bond motifs is 3. The van der Waals surface area contributed by atoms with Crippen LogP contribution < -0.4 is 0 Å². The molecule has 3 aromatic carbocycles. The molecule has 1 saturated heterocycles. The minimum Gasteiger partial charge on any atom is -0.359 e. The molecular weight excluding hydrogens is 461 g/mol. The summed E-state index contributed by atoms with van der Waals surface area (Å²) in [4.78, 5) is 16.3. The van der Waals surface area contributed by atoms with Crippen LogP contribution in [0.15, 0.2) is 96.2 Å². The van der Waals surface area contributed by atoms with Gasteiger partial charge in [0.25, 0.3) is 0 Å². The number of nitriles is 2. The van der Waals surface area contributed by atoms with Gasteiger partial charge in [-0.15, -0.1) is 0 Å². The van der Waals surface area contributed by atoms with Crippen LogP contribution in [0.3, 0.4) is 0 Å². The van der Waals surface area contributed by atoms with E-state index < -0.39 is 6.04 Å². The third-order valence-corrected chi connectivity index (χ3v) is 7.92. The number of carbonyl (C=O) groups excluding carboxylic acids is 1. The molecule has 0 aromatic heterocycles. The van der Waals surface area contributed by atoms with Crippen molar-refractivity contribution in [1.29, 1.82) is 10.5 Å². The SMILES string of the molecule is N#CC(C#N)=C(C1CC1)[C@@H]1[C@@H](c2ccc(F)cc2)[C@@H](C(=O)c2ccccc2)N2C=Cc3ccccc3[C@@H]12. The Labute approximate surface area is 215 Å². The first-order chi connectivity index (χ1) is 18.1. The van der Waals surface area contributed by atoms with Gasteiger partial charge in [0.2, 0.25) is 0 Å². The van der Waals surface area contributed by atoms with Gasteiger partial charge in [-0.1, -0.05) is 66.7 Å². The van der Waals surface area contributed by atoms with Crippen molar-refractivity contribution in [3.05, 3.63) is 124 Å². The Kier molecular flexibility index (Phi) is 5.70. The van der Waals surface area contributed by atoms with E-state index in [9.17, 15) is 19.7 Å². The van der Waals surface area contributed by atoms with E-state index in [0.717, 1.165) is 35.1 Å². The van der Waals surface area contributed by atoms with Crippen molar-refractivity contribution in [2.45, 2.75) is 30.8 Å². The van der Waals surface area contributed by atoms with E-state index in [1.165, 1.54) is 12.1 Å². The van der Waals surface area contributed by atoms with Crippen LogP contribution in [0.4, 0.5) is 4.39 Å². The van der Waals surface area contributed by atoms with E-state index in [1.54, 1.807) is 12.1 Å². The summed E-state index contributed by atoms with van der Waals surface area (Å²) >= 11 is 0. The first-order valence-electron chi connectivity index (χ1n) is 12.6. The second kappa shape index (κ2) is 9.19. The van der Waals surface area contributed by atoms with Crippen LogP contribution in [0.25, 0.3) is 6.08 Å². The predicted molar refractivity (Wildman–Crippen MR) is 138 cm³/mol. The average Bonchev–Trinajstić information content (AvgIpc) is 3.72. The lowest BCUT2D eigenvalue weighted by Crippen LogP contribution is -2.37. The Balaban J connectivity index is 1.63. The number of carbonyl (C=O) groups is 1. The van der Waals surface area contributed by atoms with Crippen LogP contribution in [-0.2, 0) is 0 Å². The lowest BCUT2D eigenvalue weighted by atomic mass is 9.72. The molecule has 5 heteroatoms. The number of benzene rings is 3. The number of hydrogen-bond donors (Lipinski definition) is 0. The normalized spacial score (nSPS) is 23.4. The van der Waals surface area contributed by atoms with Crippen molar-refractivity contribution in [1.82, 2.24) is 4.90 Å². The van der Waals surface area contributed by atoms with Gasteiger partial charge in [0, 0.05) is 23.6 Å². The zero-order chi connectivity index (χ0) is 25.5. The highest BCUT2D eigenvalue weighted by Gasteiger charge is 2.56. The fourth-order valence-electron chi connectivity index (χ4n) is 6.28. The molecule has 0 radical (unpaired) electrons. The quantitative estimate of drug-likeness (QED) is 0.303. The maximum atomic E-state index is 14.2. The molecule has 2 heterocycles. The molecule has 0 unspecified atom stereocenters. The van der Waals surface area contributed by atoms with Crippen molar-refractivity contribution >= 4 is 11.9 Å². The van der Waals surface area contributed by atoms with Crippen LogP contribution in [-0.4, -0.2) is 16.7 Å². The topological polar surface area (TPSA) is 67.9 Å². The number of halogens is 1. The van der Waals surface area contributed by atoms with E-state index in [1.807, 2.05) is 54.7 Å². The zero-order valence-electron chi connectivity index (χ0n) is 20.1. The number of allylic oxidation sites excluding steroid dienone is 1. The lowest BCUT2D eigenvalue weighted by Gasteiger charge is -2.35. The second-order valence-electron chi connectivity index (χ2n) is 9.94. The van der Waals surface area contributed by atoms with E-state index in [-0.39, 0.29) is 41.0 Å². The predicted octanol–water partition coefficient (Wildman–Crippen LogP) is 6.57. The highest BCUT2D eigenvalue weighted by atomic mass is 19.1. The molecule has 0 bridgehead atoms. The number of Topliss-reactive ketones (excluding diaryl/α,β-unsaturated/α-hetero) is 1. The Morgan fingerprint density at radius 1 is 0.892 bits per heavy atom. The minimum absolute atomic E-state index is 0.0305. The van der Waals surface area contributed by atoms with Crippen molar-refractivity contribution in [3.63, 3.8) is 0 Å². The summed E-state index contributed by atoms with van der Waals surface area (Å²) in [5.74, 6) is -0.915. The molecule has 3 aliphatic rings. The highest BCUT2D eigenvalue weighted by molar-refractivity contribution is 6.01. The summed E-state index contributed by atoms with van der Waals surface area (Å²) in [5, 5.41) is 20.0. The summed E-state index contributed by atoms with van der Waals surface area (Å²) in [6.45, 7) is 0. The highest BCUT2D eigenvalue weighted by Crippen LogP contribution is 2.59. The third-order valence-electron chi connectivity index (χ3n) is 7.92. The largest absolute Gasteiger partial charge is 0.359 e. The van der Waals surface area contributed by atoms with Crippen LogP contribution >= 0.6 is 0 Å². The summed E-state index contributed by atoms with van der Waals surface area (Å²) in [6.07, 6.45) is 5.84. The molecule has 0 amide bonds. The van der Waals surface area contributed by atoms with Gasteiger partial charge in [0.1, 0.15) is 23.5 Å². The number of ketones is 1. The molecule has 6 rings (SSSR count). The van der Waals surface area contributed by atoms with Gasteiger partial charge in [-0.25, -0.2) is 4.39 Å². The maximum absolute atomic E-state index is 14.2. The van der Waals surface area contributed by atoms with Gasteiger partial charge in [0.05, 0.1) is 12.1 Å². The van der Waals surface area contributed by atoms with E-state index >= 15 is 0 Å². The fourth-order valence-corrected chi connectivity index (χ4v) is 6.28. The van der Waals surface area contributed by atoms with Gasteiger partial charge >= 0.3 is 0 Å². The Bertz CT molecular complexity index is 1490. The van der Waals surface area contributed by atoms with Gasteiger partial charge in [0.15, 0.2) is 5.78 Å². The molecule has 3 aromatic rings. The fraction of sp³-hybridized carbons (Fsp3) is 0.219. The molecule has 4 atom stereocenters. The lowest BCUT2D eigenvalue weighted by molar-refractivity contribution is 0.0874.